The first-order chi connectivity index (χ1) is 11.3. The summed E-state index contributed by atoms with van der Waals surface area (Å²) in [6.07, 6.45) is 4.07. The maximum absolute atomic E-state index is 4.57. The summed E-state index contributed by atoms with van der Waals surface area (Å²) in [5.74, 6) is 1.45. The van der Waals surface area contributed by atoms with Crippen molar-refractivity contribution in [3.63, 3.8) is 0 Å². The van der Waals surface area contributed by atoms with E-state index in [0.717, 1.165) is 37.7 Å². The molecule has 23 heavy (non-hydrogen) atoms. The molecule has 2 aromatic rings. The topological polar surface area (TPSA) is 57.2 Å². The summed E-state index contributed by atoms with van der Waals surface area (Å²) < 4.78 is 0. The van der Waals surface area contributed by atoms with E-state index in [1.54, 1.807) is 6.20 Å². The molecule has 0 saturated carbocycles. The van der Waals surface area contributed by atoms with Crippen LogP contribution in [0.25, 0.3) is 0 Å². The normalized spacial score (nSPS) is 14.1. The molecule has 0 aliphatic carbocycles. The van der Waals surface area contributed by atoms with Gasteiger partial charge in [-0.25, -0.2) is 0 Å². The number of hydrogen-bond donors (Lipinski definition) is 1. The van der Waals surface area contributed by atoms with Crippen LogP contribution in [0.5, 0.6) is 0 Å². The molecule has 6 nitrogen and oxygen atoms in total. The van der Waals surface area contributed by atoms with Crippen LogP contribution in [0.2, 0.25) is 0 Å². The highest BCUT2D eigenvalue weighted by molar-refractivity contribution is 5.60. The smallest absolute Gasteiger partial charge is 0.247 e. The van der Waals surface area contributed by atoms with E-state index in [4.69, 9.17) is 0 Å². The van der Waals surface area contributed by atoms with Gasteiger partial charge in [-0.05, 0) is 51.0 Å². The fraction of sp³-hybridized carbons (Fsp3) is 0.471. The Morgan fingerprint density at radius 2 is 1.78 bits per heavy atom. The summed E-state index contributed by atoms with van der Waals surface area (Å²) in [7, 11) is 0. The third-order valence-electron chi connectivity index (χ3n) is 4.20. The standard InChI is InChI=1S/C17H24N6/c1-3-22(4-2)15-9-7-14(8-10-15)19-16-13-18-21-17(20-16)23-11-5-6-12-23/h7-10,13H,3-6,11-12H2,1-2H3,(H,19,20,21). The van der Waals surface area contributed by atoms with Crippen LogP contribution in [0.1, 0.15) is 26.7 Å². The van der Waals surface area contributed by atoms with Gasteiger partial charge in [0.05, 0.1) is 6.20 Å². The highest BCUT2D eigenvalue weighted by Crippen LogP contribution is 2.21. The predicted molar refractivity (Wildman–Crippen MR) is 94.6 cm³/mol. The summed E-state index contributed by atoms with van der Waals surface area (Å²) in [4.78, 5) is 9.07. The van der Waals surface area contributed by atoms with Crippen LogP contribution < -0.4 is 15.1 Å². The lowest BCUT2D eigenvalue weighted by Crippen LogP contribution is -2.21. The molecule has 0 spiro atoms. The van der Waals surface area contributed by atoms with E-state index < -0.39 is 0 Å². The molecule has 0 bridgehead atoms. The number of hydrogen-bond acceptors (Lipinski definition) is 6. The Morgan fingerprint density at radius 3 is 2.43 bits per heavy atom. The van der Waals surface area contributed by atoms with Gasteiger partial charge in [-0.1, -0.05) is 0 Å². The van der Waals surface area contributed by atoms with Crippen molar-refractivity contribution >= 4 is 23.1 Å². The summed E-state index contributed by atoms with van der Waals surface area (Å²) in [5.41, 5.74) is 2.24. The SMILES string of the molecule is CCN(CC)c1ccc(Nc2cnnc(N3CCCC3)n2)cc1. The van der Waals surface area contributed by atoms with Crippen LogP contribution in [0.4, 0.5) is 23.1 Å². The minimum atomic E-state index is 0.715. The van der Waals surface area contributed by atoms with Gasteiger partial charge >= 0.3 is 0 Å². The van der Waals surface area contributed by atoms with E-state index in [1.165, 1.54) is 18.5 Å². The molecule has 1 aromatic carbocycles. The van der Waals surface area contributed by atoms with Crippen LogP contribution in [0.15, 0.2) is 30.5 Å². The number of nitrogens with one attached hydrogen (secondary N) is 1. The van der Waals surface area contributed by atoms with Crippen molar-refractivity contribution in [1.82, 2.24) is 15.2 Å². The fourth-order valence-corrected chi connectivity index (χ4v) is 2.90. The van der Waals surface area contributed by atoms with Gasteiger partial charge in [-0.15, -0.1) is 5.10 Å². The minimum Gasteiger partial charge on any atom is -0.372 e. The Hall–Kier alpha value is -2.37. The van der Waals surface area contributed by atoms with Gasteiger partial charge in [0, 0.05) is 37.6 Å². The van der Waals surface area contributed by atoms with Crippen LogP contribution in [-0.2, 0) is 0 Å². The van der Waals surface area contributed by atoms with Gasteiger partial charge in [-0.2, -0.15) is 10.1 Å². The molecule has 1 fully saturated rings. The number of nitrogens with zero attached hydrogens (tertiary/aromatic N) is 5. The van der Waals surface area contributed by atoms with Crippen LogP contribution in [-0.4, -0.2) is 41.4 Å². The molecule has 1 N–H and O–H groups in total. The van der Waals surface area contributed by atoms with Crippen molar-refractivity contribution in [1.29, 1.82) is 0 Å². The lowest BCUT2D eigenvalue weighted by Gasteiger charge is -2.21. The second kappa shape index (κ2) is 7.26. The predicted octanol–water partition coefficient (Wildman–Crippen LogP) is 3.06. The molecule has 122 valence electrons. The Morgan fingerprint density at radius 1 is 1.09 bits per heavy atom. The molecule has 0 unspecified atom stereocenters. The molecule has 1 saturated heterocycles. The van der Waals surface area contributed by atoms with Crippen molar-refractivity contribution in [3.05, 3.63) is 30.5 Å². The Balaban J connectivity index is 1.70. The maximum atomic E-state index is 4.57. The van der Waals surface area contributed by atoms with Gasteiger partial charge < -0.3 is 15.1 Å². The van der Waals surface area contributed by atoms with Crippen molar-refractivity contribution in [3.8, 4) is 0 Å². The number of anilines is 4. The molecule has 1 aromatic heterocycles. The van der Waals surface area contributed by atoms with Crippen molar-refractivity contribution in [2.75, 3.05) is 41.3 Å². The summed E-state index contributed by atoms with van der Waals surface area (Å²) in [6, 6.07) is 8.41. The summed E-state index contributed by atoms with van der Waals surface area (Å²) in [5, 5.41) is 11.5. The average Bonchev–Trinajstić information content (AvgIpc) is 3.12. The van der Waals surface area contributed by atoms with E-state index in [1.807, 2.05) is 0 Å². The molecular formula is C17H24N6. The van der Waals surface area contributed by atoms with Crippen LogP contribution in [0.3, 0.4) is 0 Å². The van der Waals surface area contributed by atoms with E-state index in [-0.39, 0.29) is 0 Å². The lowest BCUT2D eigenvalue weighted by atomic mass is 10.2. The molecule has 0 radical (unpaired) electrons. The van der Waals surface area contributed by atoms with Gasteiger partial charge in [-0.3, -0.25) is 0 Å². The molecule has 0 atom stereocenters. The van der Waals surface area contributed by atoms with Gasteiger partial charge in [0.2, 0.25) is 5.95 Å². The second-order valence-corrected chi connectivity index (χ2v) is 5.68. The zero-order chi connectivity index (χ0) is 16.1. The zero-order valence-electron chi connectivity index (χ0n) is 13.9. The largest absolute Gasteiger partial charge is 0.372 e. The average molecular weight is 312 g/mol. The molecule has 2 heterocycles. The third-order valence-corrected chi connectivity index (χ3v) is 4.20. The van der Waals surface area contributed by atoms with E-state index in [2.05, 4.69) is 68.4 Å². The van der Waals surface area contributed by atoms with Crippen molar-refractivity contribution in [2.45, 2.75) is 26.7 Å². The van der Waals surface area contributed by atoms with Crippen LogP contribution in [0, 0.1) is 0 Å². The van der Waals surface area contributed by atoms with Gasteiger partial charge in [0.25, 0.3) is 0 Å². The first kappa shape index (κ1) is 15.5. The Labute approximate surface area is 137 Å². The fourth-order valence-electron chi connectivity index (χ4n) is 2.90. The van der Waals surface area contributed by atoms with Crippen molar-refractivity contribution in [2.24, 2.45) is 0 Å². The minimum absolute atomic E-state index is 0.715. The molecular weight excluding hydrogens is 288 g/mol. The van der Waals surface area contributed by atoms with Gasteiger partial charge in [0.1, 0.15) is 0 Å². The number of aromatic nitrogens is 3. The third kappa shape index (κ3) is 3.70. The summed E-state index contributed by atoms with van der Waals surface area (Å²) >= 11 is 0. The first-order valence-corrected chi connectivity index (χ1v) is 8.37. The van der Waals surface area contributed by atoms with E-state index >= 15 is 0 Å². The molecule has 3 rings (SSSR count). The quantitative estimate of drug-likeness (QED) is 0.884. The van der Waals surface area contributed by atoms with Crippen molar-refractivity contribution < 1.29 is 0 Å². The highest BCUT2D eigenvalue weighted by atomic mass is 15.3. The molecule has 1 aliphatic rings. The van der Waals surface area contributed by atoms with Crippen LogP contribution >= 0.6 is 0 Å². The van der Waals surface area contributed by atoms with E-state index in [0.29, 0.717) is 5.95 Å². The number of rotatable bonds is 6. The summed E-state index contributed by atoms with van der Waals surface area (Å²) in [6.45, 7) is 8.40. The Kier molecular flexibility index (Phi) is 4.90. The van der Waals surface area contributed by atoms with E-state index in [9.17, 15) is 0 Å². The molecule has 0 amide bonds. The second-order valence-electron chi connectivity index (χ2n) is 5.68. The number of benzene rings is 1. The zero-order valence-corrected chi connectivity index (χ0v) is 13.9. The monoisotopic (exact) mass is 312 g/mol. The Bertz CT molecular complexity index is 617. The molecule has 6 heteroatoms. The maximum Gasteiger partial charge on any atom is 0.247 e. The highest BCUT2D eigenvalue weighted by Gasteiger charge is 2.15. The lowest BCUT2D eigenvalue weighted by molar-refractivity contribution is 0.852. The molecule has 1 aliphatic heterocycles. The first-order valence-electron chi connectivity index (χ1n) is 8.37. The van der Waals surface area contributed by atoms with Gasteiger partial charge in [0.15, 0.2) is 5.82 Å².